The highest BCUT2D eigenvalue weighted by atomic mass is 35.5. The highest BCUT2D eigenvalue weighted by Gasteiger charge is 2.46. The van der Waals surface area contributed by atoms with Crippen LogP contribution in [0.25, 0.3) is 0 Å². The fraction of sp³-hybridized carbons (Fsp3) is 0.400. The standard InChI is InChI=1S/C15H18ClN3O3/c1-3-15(2)13(21)19(14(22)18-15)9-12(20)17-8-10-4-6-11(16)7-5-10/h4-7H,3,8-9H2,1-2H3,(H,17,20)(H,18,22)/t15-/m1/s1. The highest BCUT2D eigenvalue weighted by Crippen LogP contribution is 2.20. The first-order valence-corrected chi connectivity index (χ1v) is 7.39. The van der Waals surface area contributed by atoms with Crippen LogP contribution >= 0.6 is 11.6 Å². The lowest BCUT2D eigenvalue weighted by Crippen LogP contribution is -2.44. The average Bonchev–Trinajstić information content (AvgIpc) is 2.71. The minimum absolute atomic E-state index is 0.284. The number of nitrogens with one attached hydrogen (secondary N) is 2. The van der Waals surface area contributed by atoms with E-state index in [0.29, 0.717) is 18.0 Å². The van der Waals surface area contributed by atoms with Crippen LogP contribution in [0.5, 0.6) is 0 Å². The molecular weight excluding hydrogens is 306 g/mol. The number of nitrogens with zero attached hydrogens (tertiary/aromatic N) is 1. The Bertz CT molecular complexity index is 603. The zero-order chi connectivity index (χ0) is 16.3. The van der Waals surface area contributed by atoms with Crippen LogP contribution in [0.15, 0.2) is 24.3 Å². The van der Waals surface area contributed by atoms with Gasteiger partial charge in [0.2, 0.25) is 5.91 Å². The smallest absolute Gasteiger partial charge is 0.325 e. The third-order valence-corrected chi connectivity index (χ3v) is 4.01. The van der Waals surface area contributed by atoms with E-state index >= 15 is 0 Å². The second-order valence-electron chi connectivity index (χ2n) is 5.41. The van der Waals surface area contributed by atoms with Gasteiger partial charge in [-0.05, 0) is 31.0 Å². The lowest BCUT2D eigenvalue weighted by Gasteiger charge is -2.19. The molecule has 1 aliphatic rings. The molecule has 0 unspecified atom stereocenters. The molecule has 6 nitrogen and oxygen atoms in total. The summed E-state index contributed by atoms with van der Waals surface area (Å²) in [6.07, 6.45) is 0.473. The van der Waals surface area contributed by atoms with Crippen LogP contribution in [0.4, 0.5) is 4.79 Å². The quantitative estimate of drug-likeness (QED) is 0.809. The summed E-state index contributed by atoms with van der Waals surface area (Å²) in [5, 5.41) is 5.90. The molecule has 0 radical (unpaired) electrons. The predicted octanol–water partition coefficient (Wildman–Crippen LogP) is 1.68. The van der Waals surface area contributed by atoms with Gasteiger partial charge in [-0.15, -0.1) is 0 Å². The molecule has 1 aromatic carbocycles. The molecule has 7 heteroatoms. The molecule has 1 saturated heterocycles. The molecule has 0 bridgehead atoms. The number of imide groups is 1. The molecule has 1 aliphatic heterocycles. The van der Waals surface area contributed by atoms with Crippen LogP contribution in [0.1, 0.15) is 25.8 Å². The van der Waals surface area contributed by atoms with Gasteiger partial charge in [0, 0.05) is 11.6 Å². The van der Waals surface area contributed by atoms with E-state index in [1.54, 1.807) is 31.2 Å². The van der Waals surface area contributed by atoms with Crippen LogP contribution < -0.4 is 10.6 Å². The van der Waals surface area contributed by atoms with Crippen molar-refractivity contribution in [3.05, 3.63) is 34.9 Å². The Morgan fingerprint density at radius 1 is 1.32 bits per heavy atom. The van der Waals surface area contributed by atoms with Crippen LogP contribution in [-0.4, -0.2) is 34.8 Å². The molecule has 0 saturated carbocycles. The molecule has 1 atom stereocenters. The SMILES string of the molecule is CC[C@@]1(C)NC(=O)N(CC(=O)NCc2ccc(Cl)cc2)C1=O. The number of benzene rings is 1. The summed E-state index contributed by atoms with van der Waals surface area (Å²) in [6, 6.07) is 6.52. The number of amides is 4. The maximum atomic E-state index is 12.2. The van der Waals surface area contributed by atoms with Crippen molar-refractivity contribution in [2.75, 3.05) is 6.54 Å². The molecule has 0 spiro atoms. The number of carbonyl (C=O) groups excluding carboxylic acids is 3. The molecule has 1 fully saturated rings. The van der Waals surface area contributed by atoms with E-state index in [4.69, 9.17) is 11.6 Å². The van der Waals surface area contributed by atoms with E-state index in [9.17, 15) is 14.4 Å². The van der Waals surface area contributed by atoms with Gasteiger partial charge in [0.25, 0.3) is 5.91 Å². The van der Waals surface area contributed by atoms with Crippen LogP contribution in [0.2, 0.25) is 5.02 Å². The minimum Gasteiger partial charge on any atom is -0.350 e. The second kappa shape index (κ2) is 6.36. The van der Waals surface area contributed by atoms with E-state index in [1.165, 1.54) is 0 Å². The number of hydrogen-bond donors (Lipinski definition) is 2. The molecule has 2 rings (SSSR count). The summed E-state index contributed by atoms with van der Waals surface area (Å²) in [5.74, 6) is -0.763. The zero-order valence-corrected chi connectivity index (χ0v) is 13.2. The fourth-order valence-electron chi connectivity index (χ4n) is 2.13. The monoisotopic (exact) mass is 323 g/mol. The molecule has 4 amide bonds. The van der Waals surface area contributed by atoms with E-state index in [2.05, 4.69) is 10.6 Å². The Morgan fingerprint density at radius 3 is 2.50 bits per heavy atom. The molecule has 22 heavy (non-hydrogen) atoms. The fourth-order valence-corrected chi connectivity index (χ4v) is 2.26. The third kappa shape index (κ3) is 3.39. The van der Waals surface area contributed by atoms with Gasteiger partial charge in [-0.1, -0.05) is 30.7 Å². The number of halogens is 1. The Labute approximate surface area is 133 Å². The van der Waals surface area contributed by atoms with Gasteiger partial charge in [-0.3, -0.25) is 14.5 Å². The number of rotatable bonds is 5. The lowest BCUT2D eigenvalue weighted by atomic mass is 9.99. The normalized spacial score (nSPS) is 21.0. The molecule has 1 heterocycles. The first-order valence-electron chi connectivity index (χ1n) is 7.01. The Kier molecular flexibility index (Phi) is 4.71. The van der Waals surface area contributed by atoms with Crippen LogP contribution in [0, 0.1) is 0 Å². The summed E-state index contributed by atoms with van der Waals surface area (Å²) in [4.78, 5) is 36.8. The highest BCUT2D eigenvalue weighted by molar-refractivity contribution is 6.30. The topological polar surface area (TPSA) is 78.5 Å². The Hall–Kier alpha value is -2.08. The molecule has 118 valence electrons. The van der Waals surface area contributed by atoms with E-state index in [1.807, 2.05) is 6.92 Å². The number of urea groups is 1. The van der Waals surface area contributed by atoms with Gasteiger partial charge in [0.05, 0.1) is 0 Å². The average molecular weight is 324 g/mol. The van der Waals surface area contributed by atoms with Crippen molar-refractivity contribution in [2.45, 2.75) is 32.4 Å². The van der Waals surface area contributed by atoms with Crippen molar-refractivity contribution in [2.24, 2.45) is 0 Å². The van der Waals surface area contributed by atoms with Gasteiger partial charge in [-0.25, -0.2) is 4.79 Å². The Morgan fingerprint density at radius 2 is 1.95 bits per heavy atom. The molecule has 1 aromatic rings. The molecular formula is C15H18ClN3O3. The first-order chi connectivity index (χ1) is 10.4. The van der Waals surface area contributed by atoms with Crippen molar-refractivity contribution in [1.29, 1.82) is 0 Å². The van der Waals surface area contributed by atoms with Crippen molar-refractivity contribution >= 4 is 29.4 Å². The summed E-state index contributed by atoms with van der Waals surface area (Å²) in [7, 11) is 0. The predicted molar refractivity (Wildman–Crippen MR) is 82.2 cm³/mol. The molecule has 2 N–H and O–H groups in total. The lowest BCUT2D eigenvalue weighted by molar-refractivity contribution is -0.134. The number of hydrogen-bond acceptors (Lipinski definition) is 3. The van der Waals surface area contributed by atoms with Crippen molar-refractivity contribution < 1.29 is 14.4 Å². The zero-order valence-electron chi connectivity index (χ0n) is 12.5. The summed E-state index contributed by atoms with van der Waals surface area (Å²) < 4.78 is 0. The summed E-state index contributed by atoms with van der Waals surface area (Å²) in [5.41, 5.74) is -0.0403. The van der Waals surface area contributed by atoms with E-state index in [-0.39, 0.29) is 18.4 Å². The van der Waals surface area contributed by atoms with Gasteiger partial charge < -0.3 is 10.6 Å². The number of carbonyl (C=O) groups is 3. The van der Waals surface area contributed by atoms with Gasteiger partial charge in [0.1, 0.15) is 12.1 Å². The van der Waals surface area contributed by atoms with Gasteiger partial charge >= 0.3 is 6.03 Å². The van der Waals surface area contributed by atoms with Crippen molar-refractivity contribution in [1.82, 2.24) is 15.5 Å². The van der Waals surface area contributed by atoms with E-state index < -0.39 is 11.6 Å². The maximum Gasteiger partial charge on any atom is 0.325 e. The van der Waals surface area contributed by atoms with Crippen molar-refractivity contribution in [3.63, 3.8) is 0 Å². The minimum atomic E-state index is -0.923. The maximum absolute atomic E-state index is 12.2. The third-order valence-electron chi connectivity index (χ3n) is 3.76. The van der Waals surface area contributed by atoms with Crippen LogP contribution in [-0.2, 0) is 16.1 Å². The molecule has 0 aromatic heterocycles. The van der Waals surface area contributed by atoms with Crippen LogP contribution in [0.3, 0.4) is 0 Å². The van der Waals surface area contributed by atoms with Gasteiger partial charge in [-0.2, -0.15) is 0 Å². The second-order valence-corrected chi connectivity index (χ2v) is 5.85. The van der Waals surface area contributed by atoms with Gasteiger partial charge in [0.15, 0.2) is 0 Å². The van der Waals surface area contributed by atoms with Crippen molar-refractivity contribution in [3.8, 4) is 0 Å². The summed E-state index contributed by atoms with van der Waals surface area (Å²) >= 11 is 5.78. The molecule has 0 aliphatic carbocycles. The largest absolute Gasteiger partial charge is 0.350 e. The summed E-state index contributed by atoms with van der Waals surface area (Å²) in [6.45, 7) is 3.49. The Balaban J connectivity index is 1.91. The first kappa shape index (κ1) is 16.3. The van der Waals surface area contributed by atoms with E-state index in [0.717, 1.165) is 10.5 Å².